The molecule has 0 heterocycles. The van der Waals surface area contributed by atoms with Crippen molar-refractivity contribution in [1.29, 1.82) is 0 Å². The number of rotatable bonds is 1. The Labute approximate surface area is 117 Å². The van der Waals surface area contributed by atoms with Gasteiger partial charge in [-0.15, -0.1) is 0 Å². The zero-order valence-corrected chi connectivity index (χ0v) is 10.1. The SMILES string of the molecule is Oc1c(O)c(-c2c(F)c(O)c(F)c(F)c2F)c(F)c(O)c1F. The molecule has 2 rings (SSSR count). The molecule has 0 radical (unpaired) electrons. The minimum absolute atomic E-state index is 1.71. The van der Waals surface area contributed by atoms with Crippen LogP contribution in [0.4, 0.5) is 26.3 Å². The van der Waals surface area contributed by atoms with Gasteiger partial charge in [0.15, 0.2) is 46.3 Å². The maximum atomic E-state index is 13.7. The summed E-state index contributed by atoms with van der Waals surface area (Å²) in [5.74, 6) is -21.2. The molecule has 22 heavy (non-hydrogen) atoms. The smallest absolute Gasteiger partial charge is 0.213 e. The van der Waals surface area contributed by atoms with Gasteiger partial charge in [0.05, 0.1) is 11.1 Å². The first kappa shape index (κ1) is 15.6. The summed E-state index contributed by atoms with van der Waals surface area (Å²) in [5.41, 5.74) is -3.56. The van der Waals surface area contributed by atoms with Crippen molar-refractivity contribution in [2.45, 2.75) is 0 Å². The Morgan fingerprint density at radius 3 is 1.36 bits per heavy atom. The van der Waals surface area contributed by atoms with Gasteiger partial charge in [-0.25, -0.2) is 17.6 Å². The highest BCUT2D eigenvalue weighted by atomic mass is 19.2. The van der Waals surface area contributed by atoms with Gasteiger partial charge in [-0.05, 0) is 0 Å². The molecule has 0 spiro atoms. The molecule has 0 aliphatic rings. The first-order valence-electron chi connectivity index (χ1n) is 5.28. The minimum atomic E-state index is -2.42. The van der Waals surface area contributed by atoms with Gasteiger partial charge < -0.3 is 20.4 Å². The molecule has 0 aromatic heterocycles. The maximum absolute atomic E-state index is 13.7. The number of aromatic hydroxyl groups is 4. The van der Waals surface area contributed by atoms with Crippen LogP contribution in [0.3, 0.4) is 0 Å². The number of hydrogen-bond acceptors (Lipinski definition) is 4. The summed E-state index contributed by atoms with van der Waals surface area (Å²) < 4.78 is 80.2. The van der Waals surface area contributed by atoms with Gasteiger partial charge >= 0.3 is 0 Å². The molecule has 2 aromatic rings. The lowest BCUT2D eigenvalue weighted by Crippen LogP contribution is -2.02. The molecule has 0 saturated heterocycles. The molecule has 4 N–H and O–H groups in total. The van der Waals surface area contributed by atoms with Gasteiger partial charge in [-0.3, -0.25) is 0 Å². The van der Waals surface area contributed by atoms with Gasteiger partial charge in [-0.2, -0.15) is 8.78 Å². The van der Waals surface area contributed by atoms with E-state index in [1.165, 1.54) is 0 Å². The summed E-state index contributed by atoms with van der Waals surface area (Å²) in [6, 6.07) is 0. The van der Waals surface area contributed by atoms with Crippen molar-refractivity contribution in [2.75, 3.05) is 0 Å². The highest BCUT2D eigenvalue weighted by molar-refractivity contribution is 5.78. The number of benzene rings is 2. The van der Waals surface area contributed by atoms with E-state index in [1.807, 2.05) is 0 Å². The van der Waals surface area contributed by atoms with E-state index in [4.69, 9.17) is 15.3 Å². The van der Waals surface area contributed by atoms with E-state index in [0.717, 1.165) is 0 Å². The van der Waals surface area contributed by atoms with E-state index in [2.05, 4.69) is 0 Å². The van der Waals surface area contributed by atoms with Gasteiger partial charge in [0.1, 0.15) is 0 Å². The normalized spacial score (nSPS) is 11.0. The molecule has 0 saturated carbocycles. The van der Waals surface area contributed by atoms with Crippen molar-refractivity contribution in [1.82, 2.24) is 0 Å². The van der Waals surface area contributed by atoms with Crippen LogP contribution in [0.2, 0.25) is 0 Å². The van der Waals surface area contributed by atoms with E-state index in [1.54, 1.807) is 0 Å². The van der Waals surface area contributed by atoms with Gasteiger partial charge in [0.2, 0.25) is 11.6 Å². The minimum Gasteiger partial charge on any atom is -0.504 e. The summed E-state index contributed by atoms with van der Waals surface area (Å²) in [7, 11) is 0. The van der Waals surface area contributed by atoms with Crippen molar-refractivity contribution in [2.24, 2.45) is 0 Å². The van der Waals surface area contributed by atoms with Crippen molar-refractivity contribution in [3.63, 3.8) is 0 Å². The Bertz CT molecular complexity index is 680. The Balaban J connectivity index is 3.03. The van der Waals surface area contributed by atoms with Crippen LogP contribution in [0.15, 0.2) is 0 Å². The number of phenolic OH excluding ortho intramolecular Hbond substituents is 4. The molecule has 10 heteroatoms. The molecule has 0 atom stereocenters. The topological polar surface area (TPSA) is 80.9 Å². The fraction of sp³-hybridized carbons (Fsp3) is 0. The third-order valence-electron chi connectivity index (χ3n) is 2.79. The highest BCUT2D eigenvalue weighted by Crippen LogP contribution is 2.48. The summed E-state index contributed by atoms with van der Waals surface area (Å²) >= 11 is 0. The lowest BCUT2D eigenvalue weighted by Gasteiger charge is -2.13. The summed E-state index contributed by atoms with van der Waals surface area (Å²) in [5, 5.41) is 36.5. The number of phenols is 4. The zero-order chi connectivity index (χ0) is 16.9. The van der Waals surface area contributed by atoms with Crippen molar-refractivity contribution in [3.05, 3.63) is 34.9 Å². The Kier molecular flexibility index (Phi) is 3.47. The Hall–Kier alpha value is -2.78. The second kappa shape index (κ2) is 4.90. The maximum Gasteiger partial charge on any atom is 0.213 e. The van der Waals surface area contributed by atoms with Crippen molar-refractivity contribution < 1.29 is 46.8 Å². The van der Waals surface area contributed by atoms with E-state index < -0.39 is 69.0 Å². The average molecular weight is 326 g/mol. The molecule has 118 valence electrons. The van der Waals surface area contributed by atoms with E-state index in [-0.39, 0.29) is 0 Å². The number of halogens is 6. The lowest BCUT2D eigenvalue weighted by atomic mass is 10.00. The first-order chi connectivity index (χ1) is 10.1. The third kappa shape index (κ3) is 1.87. The predicted octanol–water partition coefficient (Wildman–Crippen LogP) is 3.01. The predicted molar refractivity (Wildman–Crippen MR) is 58.3 cm³/mol. The molecular formula is C12H4F6O4. The van der Waals surface area contributed by atoms with Crippen LogP contribution in [0, 0.1) is 34.9 Å². The summed E-state index contributed by atoms with van der Waals surface area (Å²) in [6.07, 6.45) is 0. The standard InChI is InChI=1S/C12H4F6O4/c13-3-1(4(14)10(20)7(17)6(3)16)2-5(15)11(21)8(18)12(22)9(2)19/h19-22H. The first-order valence-corrected chi connectivity index (χ1v) is 5.28. The molecule has 0 amide bonds. The fourth-order valence-corrected chi connectivity index (χ4v) is 1.72. The Morgan fingerprint density at radius 2 is 0.818 bits per heavy atom. The summed E-state index contributed by atoms with van der Waals surface area (Å²) in [4.78, 5) is 0. The number of hydrogen-bond donors (Lipinski definition) is 4. The molecule has 0 bridgehead atoms. The fourth-order valence-electron chi connectivity index (χ4n) is 1.72. The highest BCUT2D eigenvalue weighted by Gasteiger charge is 2.33. The molecule has 2 aromatic carbocycles. The molecular weight excluding hydrogens is 322 g/mol. The molecule has 0 fully saturated rings. The van der Waals surface area contributed by atoms with Crippen LogP contribution in [0.25, 0.3) is 11.1 Å². The van der Waals surface area contributed by atoms with Crippen LogP contribution < -0.4 is 0 Å². The summed E-state index contributed by atoms with van der Waals surface area (Å²) in [6.45, 7) is 0. The van der Waals surface area contributed by atoms with Crippen LogP contribution in [-0.4, -0.2) is 20.4 Å². The molecule has 4 nitrogen and oxygen atoms in total. The van der Waals surface area contributed by atoms with Crippen LogP contribution >= 0.6 is 0 Å². The largest absolute Gasteiger partial charge is 0.504 e. The van der Waals surface area contributed by atoms with Crippen molar-refractivity contribution >= 4 is 0 Å². The van der Waals surface area contributed by atoms with Crippen LogP contribution in [-0.2, 0) is 0 Å². The average Bonchev–Trinajstić information content (AvgIpc) is 2.50. The Morgan fingerprint density at radius 1 is 0.364 bits per heavy atom. The molecule has 0 aliphatic carbocycles. The van der Waals surface area contributed by atoms with Crippen molar-refractivity contribution in [3.8, 4) is 34.1 Å². The van der Waals surface area contributed by atoms with E-state index >= 15 is 0 Å². The van der Waals surface area contributed by atoms with Gasteiger partial charge in [-0.1, -0.05) is 0 Å². The molecule has 0 unspecified atom stereocenters. The van der Waals surface area contributed by atoms with E-state index in [9.17, 15) is 31.4 Å². The van der Waals surface area contributed by atoms with Crippen LogP contribution in [0.1, 0.15) is 0 Å². The van der Waals surface area contributed by atoms with Gasteiger partial charge in [0.25, 0.3) is 0 Å². The molecule has 0 aliphatic heterocycles. The second-order valence-electron chi connectivity index (χ2n) is 4.03. The lowest BCUT2D eigenvalue weighted by molar-refractivity contribution is 0.340. The van der Waals surface area contributed by atoms with E-state index in [0.29, 0.717) is 0 Å². The van der Waals surface area contributed by atoms with Gasteiger partial charge in [0, 0.05) is 0 Å². The van der Waals surface area contributed by atoms with Crippen LogP contribution in [0.5, 0.6) is 23.0 Å². The third-order valence-corrected chi connectivity index (χ3v) is 2.79. The quantitative estimate of drug-likeness (QED) is 0.213. The monoisotopic (exact) mass is 326 g/mol. The zero-order valence-electron chi connectivity index (χ0n) is 10.1. The second-order valence-corrected chi connectivity index (χ2v) is 4.03.